The Bertz CT molecular complexity index is 891. The Hall–Kier alpha value is -2.74. The van der Waals surface area contributed by atoms with Gasteiger partial charge in [-0.05, 0) is 27.7 Å². The molecule has 3 rings (SSSR count). The molecule has 0 atom stereocenters. The Kier molecular flexibility index (Phi) is 4.54. The minimum Gasteiger partial charge on any atom is -0.433 e. The minimum atomic E-state index is -0.322. The number of carbonyl (C=O) groups is 1. The largest absolute Gasteiger partial charge is 0.433 e. The zero-order valence-corrected chi connectivity index (χ0v) is 14.7. The third kappa shape index (κ3) is 4.21. The van der Waals surface area contributed by atoms with Crippen LogP contribution in [0.25, 0.3) is 5.78 Å². The fourth-order valence-electron chi connectivity index (χ4n) is 2.22. The van der Waals surface area contributed by atoms with Gasteiger partial charge in [0.05, 0.1) is 11.3 Å². The number of carbonyl (C=O) groups excluding carboxylic acids is 1. The molecule has 3 aromatic heterocycles. The average Bonchev–Trinajstić information content (AvgIpc) is 3.15. The van der Waals surface area contributed by atoms with E-state index in [0.29, 0.717) is 23.9 Å². The first-order chi connectivity index (χ1) is 11.8. The summed E-state index contributed by atoms with van der Waals surface area (Å²) in [6.07, 6.45) is 7.02. The molecule has 0 saturated heterocycles. The molecule has 0 aromatic carbocycles. The average molecular weight is 343 g/mol. The molecule has 1 amide bonds. The summed E-state index contributed by atoms with van der Waals surface area (Å²) < 4.78 is 13.0. The molecule has 3 aromatic rings. The zero-order chi connectivity index (χ0) is 18.0. The first-order valence-electron chi connectivity index (χ1n) is 7.98. The standard InChI is InChI=1S/C17H21N5O3/c1-11-14(25-13(21-11)10-24-17(2,3)4)15(23)19-7-12-8-20-16-18-5-6-22(16)9-12/h5-6,8-9H,7,10H2,1-4H3,(H,19,23). The van der Waals surface area contributed by atoms with Crippen molar-refractivity contribution in [1.82, 2.24) is 24.7 Å². The lowest BCUT2D eigenvalue weighted by Gasteiger charge is -2.17. The molecule has 0 bridgehead atoms. The van der Waals surface area contributed by atoms with Gasteiger partial charge in [-0.2, -0.15) is 0 Å². The molecule has 8 nitrogen and oxygen atoms in total. The smallest absolute Gasteiger partial charge is 0.289 e. The van der Waals surface area contributed by atoms with Crippen LogP contribution in [0.2, 0.25) is 0 Å². The highest BCUT2D eigenvalue weighted by atomic mass is 16.5. The number of hydrogen-bond donors (Lipinski definition) is 1. The van der Waals surface area contributed by atoms with Crippen molar-refractivity contribution in [2.45, 2.75) is 46.4 Å². The van der Waals surface area contributed by atoms with Crippen molar-refractivity contribution >= 4 is 11.7 Å². The number of rotatable bonds is 5. The van der Waals surface area contributed by atoms with Gasteiger partial charge in [-0.25, -0.2) is 15.0 Å². The second-order valence-electron chi connectivity index (χ2n) is 6.70. The van der Waals surface area contributed by atoms with Gasteiger partial charge in [-0.1, -0.05) is 0 Å². The lowest BCUT2D eigenvalue weighted by atomic mass is 10.2. The van der Waals surface area contributed by atoms with E-state index in [1.54, 1.807) is 29.9 Å². The van der Waals surface area contributed by atoms with Crippen molar-refractivity contribution < 1.29 is 13.9 Å². The lowest BCUT2D eigenvalue weighted by molar-refractivity contribution is -0.0245. The Balaban J connectivity index is 1.63. The van der Waals surface area contributed by atoms with Crippen LogP contribution in [0.15, 0.2) is 29.2 Å². The number of amides is 1. The molecule has 132 valence electrons. The highest BCUT2D eigenvalue weighted by Gasteiger charge is 2.19. The second kappa shape index (κ2) is 6.64. The predicted molar refractivity (Wildman–Crippen MR) is 89.9 cm³/mol. The zero-order valence-electron chi connectivity index (χ0n) is 14.7. The van der Waals surface area contributed by atoms with Gasteiger partial charge in [-0.3, -0.25) is 9.20 Å². The summed E-state index contributed by atoms with van der Waals surface area (Å²) in [6.45, 7) is 8.12. The molecule has 0 saturated carbocycles. The summed E-state index contributed by atoms with van der Waals surface area (Å²) in [5, 5.41) is 2.81. The van der Waals surface area contributed by atoms with Crippen LogP contribution in [-0.4, -0.2) is 30.9 Å². The topological polar surface area (TPSA) is 94.5 Å². The third-order valence-electron chi connectivity index (χ3n) is 3.43. The maximum absolute atomic E-state index is 12.3. The van der Waals surface area contributed by atoms with Crippen molar-refractivity contribution in [3.8, 4) is 0 Å². The van der Waals surface area contributed by atoms with Crippen molar-refractivity contribution in [3.05, 3.63) is 47.7 Å². The molecular formula is C17H21N5O3. The first-order valence-corrected chi connectivity index (χ1v) is 7.98. The molecule has 8 heteroatoms. The van der Waals surface area contributed by atoms with Crippen LogP contribution in [0.5, 0.6) is 0 Å². The molecule has 1 N–H and O–H groups in total. The number of aryl methyl sites for hydroxylation is 1. The van der Waals surface area contributed by atoms with Crippen LogP contribution in [0.1, 0.15) is 48.5 Å². The van der Waals surface area contributed by atoms with Crippen LogP contribution >= 0.6 is 0 Å². The van der Waals surface area contributed by atoms with Crippen LogP contribution in [-0.2, 0) is 17.9 Å². The highest BCUT2D eigenvalue weighted by Crippen LogP contribution is 2.15. The number of aromatic nitrogens is 4. The van der Waals surface area contributed by atoms with Crippen LogP contribution in [0.3, 0.4) is 0 Å². The molecule has 3 heterocycles. The van der Waals surface area contributed by atoms with Crippen LogP contribution < -0.4 is 5.32 Å². The quantitative estimate of drug-likeness (QED) is 0.764. The van der Waals surface area contributed by atoms with Gasteiger partial charge >= 0.3 is 0 Å². The van der Waals surface area contributed by atoms with Crippen LogP contribution in [0.4, 0.5) is 0 Å². The predicted octanol–water partition coefficient (Wildman–Crippen LogP) is 2.27. The maximum Gasteiger partial charge on any atom is 0.289 e. The van der Waals surface area contributed by atoms with Gasteiger partial charge < -0.3 is 14.5 Å². The summed E-state index contributed by atoms with van der Waals surface area (Å²) in [7, 11) is 0. The summed E-state index contributed by atoms with van der Waals surface area (Å²) >= 11 is 0. The lowest BCUT2D eigenvalue weighted by Crippen LogP contribution is -2.23. The molecular weight excluding hydrogens is 322 g/mol. The fraction of sp³-hybridized carbons (Fsp3) is 0.412. The summed E-state index contributed by atoms with van der Waals surface area (Å²) in [5.41, 5.74) is 1.09. The third-order valence-corrected chi connectivity index (χ3v) is 3.43. The van der Waals surface area contributed by atoms with Gasteiger partial charge in [0.25, 0.3) is 5.91 Å². The number of oxazole rings is 1. The Morgan fingerprint density at radius 1 is 1.36 bits per heavy atom. The summed E-state index contributed by atoms with van der Waals surface area (Å²) in [4.78, 5) is 24.9. The number of ether oxygens (including phenoxy) is 1. The van der Waals surface area contributed by atoms with Crippen molar-refractivity contribution in [1.29, 1.82) is 0 Å². The highest BCUT2D eigenvalue weighted by molar-refractivity contribution is 5.92. The van der Waals surface area contributed by atoms with E-state index in [9.17, 15) is 4.79 Å². The Labute approximate surface area is 145 Å². The Morgan fingerprint density at radius 2 is 2.16 bits per heavy atom. The molecule has 0 fully saturated rings. The molecule has 0 aliphatic carbocycles. The van der Waals surface area contributed by atoms with E-state index < -0.39 is 0 Å². The van der Waals surface area contributed by atoms with E-state index in [2.05, 4.69) is 20.3 Å². The first kappa shape index (κ1) is 17.1. The Morgan fingerprint density at radius 3 is 2.92 bits per heavy atom. The molecule has 0 aliphatic rings. The molecule has 25 heavy (non-hydrogen) atoms. The van der Waals surface area contributed by atoms with Crippen molar-refractivity contribution in [2.75, 3.05) is 0 Å². The molecule has 0 aliphatic heterocycles. The van der Waals surface area contributed by atoms with Crippen LogP contribution in [0, 0.1) is 6.92 Å². The molecule has 0 spiro atoms. The van der Waals surface area contributed by atoms with Crippen molar-refractivity contribution in [2.24, 2.45) is 0 Å². The van der Waals surface area contributed by atoms with Gasteiger partial charge in [0, 0.05) is 36.9 Å². The van der Waals surface area contributed by atoms with E-state index in [-0.39, 0.29) is 23.9 Å². The number of imidazole rings is 1. The number of nitrogens with zero attached hydrogens (tertiary/aromatic N) is 4. The monoisotopic (exact) mass is 343 g/mol. The van der Waals surface area contributed by atoms with E-state index in [4.69, 9.17) is 9.15 Å². The number of fused-ring (bicyclic) bond motifs is 1. The SMILES string of the molecule is Cc1nc(COC(C)(C)C)oc1C(=O)NCc1cnc2nccn2c1. The van der Waals surface area contributed by atoms with E-state index in [1.165, 1.54) is 0 Å². The summed E-state index contributed by atoms with van der Waals surface area (Å²) in [6, 6.07) is 0. The van der Waals surface area contributed by atoms with E-state index in [0.717, 1.165) is 5.56 Å². The van der Waals surface area contributed by atoms with Gasteiger partial charge in [0.2, 0.25) is 17.4 Å². The van der Waals surface area contributed by atoms with Crippen molar-refractivity contribution in [3.63, 3.8) is 0 Å². The van der Waals surface area contributed by atoms with Gasteiger partial charge in [0.15, 0.2) is 0 Å². The normalized spacial score (nSPS) is 11.8. The van der Waals surface area contributed by atoms with E-state index in [1.807, 2.05) is 27.0 Å². The fourth-order valence-corrected chi connectivity index (χ4v) is 2.22. The maximum atomic E-state index is 12.3. The summed E-state index contributed by atoms with van der Waals surface area (Å²) in [5.74, 6) is 0.880. The molecule has 0 radical (unpaired) electrons. The van der Waals surface area contributed by atoms with Gasteiger partial charge in [-0.15, -0.1) is 0 Å². The second-order valence-corrected chi connectivity index (χ2v) is 6.70. The van der Waals surface area contributed by atoms with Gasteiger partial charge in [0.1, 0.15) is 6.61 Å². The number of hydrogen-bond acceptors (Lipinski definition) is 6. The molecule has 0 unspecified atom stereocenters. The number of nitrogens with one attached hydrogen (secondary N) is 1. The van der Waals surface area contributed by atoms with E-state index >= 15 is 0 Å². The minimum absolute atomic E-state index is 0.198.